The number of thioether (sulfide) groups is 5. The van der Waals surface area contributed by atoms with Gasteiger partial charge in [-0.2, -0.15) is 0 Å². The van der Waals surface area contributed by atoms with Crippen LogP contribution in [0.25, 0.3) is 0 Å². The number of piperazine rings is 3. The molecule has 0 spiro atoms. The monoisotopic (exact) mass is 1570 g/mol. The lowest BCUT2D eigenvalue weighted by Crippen LogP contribution is -2.49. The fourth-order valence-corrected chi connectivity index (χ4v) is 17.8. The molecular formula is C87H144N12O3S5. The predicted molar refractivity (Wildman–Crippen MR) is 468 cm³/mol. The number of hydrogen-bond acceptors (Lipinski definition) is 18. The maximum Gasteiger partial charge on any atom is 0.224 e. The molecule has 0 bridgehead atoms. The molecule has 4 N–H and O–H groups in total. The number of benzene rings is 5. The molecule has 9 rings (SSSR count). The summed E-state index contributed by atoms with van der Waals surface area (Å²) in [6.07, 6.45) is 9.13. The van der Waals surface area contributed by atoms with Gasteiger partial charge in [0.05, 0.1) is 12.2 Å². The fourth-order valence-electron chi connectivity index (χ4n) is 12.9. The van der Waals surface area contributed by atoms with E-state index in [1.54, 1.807) is 0 Å². The van der Waals surface area contributed by atoms with Crippen LogP contribution in [0.4, 0.5) is 0 Å². The van der Waals surface area contributed by atoms with Crippen LogP contribution in [0, 0.1) is 0 Å². The number of carbonyl (C=O) groups excluding carboxylic acids is 2. The summed E-state index contributed by atoms with van der Waals surface area (Å²) >= 11 is 9.50. The number of carbonyl (C=O) groups is 2. The maximum absolute atomic E-state index is 12.6. The van der Waals surface area contributed by atoms with Crippen molar-refractivity contribution in [2.45, 2.75) is 206 Å². The minimum atomic E-state index is 0.215. The van der Waals surface area contributed by atoms with Crippen LogP contribution in [0.15, 0.2) is 176 Å². The second kappa shape index (κ2) is 56.5. The van der Waals surface area contributed by atoms with Crippen LogP contribution in [0.2, 0.25) is 0 Å². The number of hydrogen-bond donors (Lipinski definition) is 4. The number of nitrogens with zero attached hydrogens (tertiary/aromatic N) is 8. The summed E-state index contributed by atoms with van der Waals surface area (Å²) in [5.41, 5.74) is 0. The highest BCUT2D eigenvalue weighted by molar-refractivity contribution is 8.00. The number of nitrogens with one attached hydrogen (secondary N) is 4. The number of rotatable bonds is 39. The van der Waals surface area contributed by atoms with E-state index in [9.17, 15) is 9.59 Å². The summed E-state index contributed by atoms with van der Waals surface area (Å²) in [4.78, 5) is 50.1. The Kier molecular flexibility index (Phi) is 49.7. The molecule has 4 saturated heterocycles. The Morgan fingerprint density at radius 3 is 1.01 bits per heavy atom. The molecule has 107 heavy (non-hydrogen) atoms. The van der Waals surface area contributed by atoms with E-state index in [4.69, 9.17) is 4.74 Å². The lowest BCUT2D eigenvalue weighted by atomic mass is 10.1. The van der Waals surface area contributed by atoms with E-state index in [0.29, 0.717) is 73.2 Å². The van der Waals surface area contributed by atoms with E-state index in [0.717, 1.165) is 101 Å². The van der Waals surface area contributed by atoms with E-state index in [1.165, 1.54) is 103 Å². The average molecular weight is 1570 g/mol. The lowest BCUT2D eigenvalue weighted by Gasteiger charge is -2.33. The Bertz CT molecular complexity index is 2960. The van der Waals surface area contributed by atoms with Gasteiger partial charge in [-0.25, -0.2) is 0 Å². The van der Waals surface area contributed by atoms with Crippen LogP contribution >= 0.6 is 58.8 Å². The zero-order valence-electron chi connectivity index (χ0n) is 68.8. The van der Waals surface area contributed by atoms with Crippen molar-refractivity contribution in [2.24, 2.45) is 0 Å². The van der Waals surface area contributed by atoms with Crippen molar-refractivity contribution < 1.29 is 14.3 Å². The topological polar surface area (TPSA) is 117 Å². The van der Waals surface area contributed by atoms with Crippen molar-refractivity contribution in [3.63, 3.8) is 0 Å². The summed E-state index contributed by atoms with van der Waals surface area (Å²) in [6.45, 7) is 40.2. The highest BCUT2D eigenvalue weighted by Crippen LogP contribution is 2.25. The third-order valence-electron chi connectivity index (χ3n) is 18.8. The van der Waals surface area contributed by atoms with Gasteiger partial charge in [0.25, 0.3) is 0 Å². The summed E-state index contributed by atoms with van der Waals surface area (Å²) in [7, 11) is 10.7. The zero-order chi connectivity index (χ0) is 77.4. The molecule has 0 unspecified atom stereocenters. The Hall–Kier alpha value is -3.65. The first-order valence-electron chi connectivity index (χ1n) is 40.3. The number of likely N-dealkylation sites (tertiary alicyclic amines) is 1. The molecule has 4 aliphatic heterocycles. The molecule has 0 aromatic heterocycles. The first-order chi connectivity index (χ1) is 51.5. The van der Waals surface area contributed by atoms with Crippen molar-refractivity contribution in [1.82, 2.24) is 60.5 Å². The first-order valence-corrected chi connectivity index (χ1v) is 45.3. The van der Waals surface area contributed by atoms with Gasteiger partial charge in [-0.3, -0.25) is 9.59 Å². The Labute approximate surface area is 673 Å². The summed E-state index contributed by atoms with van der Waals surface area (Å²) in [5.74, 6) is 5.84. The van der Waals surface area contributed by atoms with E-state index >= 15 is 0 Å². The number of likely N-dealkylation sites (N-methyl/N-ethyl adjacent to an activating group) is 3. The Morgan fingerprint density at radius 2 is 0.673 bits per heavy atom. The SMILES string of the molecule is CC(C)N[C@@H](CSc1ccccc1)CC(=O)N1CCN(C)CC1.CC(C)N[C@H](CCC(=O)N1CCN(C)CC1)CSc1ccccc1.CC(C)N[C@H](CCN1CCCC1)CSc1ccccc1.CC(C)N[C@H](CCN1CCN(C)CC1)CSc1ccccc1.CC(C)O[C@H](CCN(C)C)CSc1ccccc1. The highest BCUT2D eigenvalue weighted by Gasteiger charge is 2.25. The van der Waals surface area contributed by atoms with Crippen LogP contribution in [0.1, 0.15) is 121 Å². The standard InChI is InChI=1S/C19H31N3OS.C18H29N3OS.C18H31N3S.C17H28N2S.C15H25NOS/c1-16(2)20-17(15-24-18-7-5-4-6-8-18)9-10-19(23)22-13-11-21(3)12-14-22;1-15(2)19-16(14-23-17-7-5-4-6-8-17)13-18(22)21-11-9-20(3)10-12-21;1-16(2)19-17(15-22-18-7-5-4-6-8-18)9-10-21-13-11-20(3)12-14-21;1-15(2)18-16(10-13-19-11-6-7-12-19)14-20-17-8-4-3-5-9-17;1-13(2)17-14(10-11-16(3)4)12-18-15-8-6-5-7-9-15/h4-8,16-17,20H,9-15H2,1-3H3;4-8,15-16,19H,9-14H2,1-3H3;4-8,16-17,19H,9-15H2,1-3H3;3-5,8-9,15-16,18H,6-7,10-14H2,1-2H3;5-9,13-14H,10-12H2,1-4H3/t17-;16-;17-;16-;14-/m11111/s1. The summed E-state index contributed by atoms with van der Waals surface area (Å²) in [6, 6.07) is 56.6. The van der Waals surface area contributed by atoms with Crippen molar-refractivity contribution in [2.75, 3.05) is 175 Å². The third-order valence-corrected chi connectivity index (χ3v) is 24.7. The molecule has 4 fully saturated rings. The van der Waals surface area contributed by atoms with Gasteiger partial charge in [-0.05, 0) is 174 Å². The molecule has 5 aromatic carbocycles. The van der Waals surface area contributed by atoms with Crippen LogP contribution in [-0.4, -0.2) is 287 Å². The van der Waals surface area contributed by atoms with Crippen molar-refractivity contribution in [3.8, 4) is 0 Å². The Morgan fingerprint density at radius 1 is 0.374 bits per heavy atom. The Balaban J connectivity index is 0.000000241. The van der Waals surface area contributed by atoms with Gasteiger partial charge >= 0.3 is 0 Å². The molecule has 5 atom stereocenters. The quantitative estimate of drug-likeness (QED) is 0.0279. The normalized spacial score (nSPS) is 17.0. The molecule has 4 aliphatic rings. The van der Waals surface area contributed by atoms with E-state index in [2.05, 4.69) is 295 Å². The van der Waals surface area contributed by atoms with E-state index in [1.807, 2.05) is 80.7 Å². The molecule has 4 heterocycles. The molecule has 20 heteroatoms. The molecular weight excluding hydrogens is 1420 g/mol. The van der Waals surface area contributed by atoms with Crippen LogP contribution in [-0.2, 0) is 14.3 Å². The lowest BCUT2D eigenvalue weighted by molar-refractivity contribution is -0.133. The van der Waals surface area contributed by atoms with Crippen molar-refractivity contribution in [3.05, 3.63) is 152 Å². The van der Waals surface area contributed by atoms with Gasteiger partial charge in [0.15, 0.2) is 0 Å². The smallest absolute Gasteiger partial charge is 0.224 e. The largest absolute Gasteiger partial charge is 0.375 e. The maximum atomic E-state index is 12.6. The molecule has 0 radical (unpaired) electrons. The second-order valence-corrected chi connectivity index (χ2v) is 36.4. The van der Waals surface area contributed by atoms with E-state index < -0.39 is 0 Å². The first kappa shape index (κ1) is 93.9. The van der Waals surface area contributed by atoms with Gasteiger partial charge in [0.1, 0.15) is 0 Å². The highest BCUT2D eigenvalue weighted by atomic mass is 32.2. The molecule has 5 aromatic rings. The molecule has 0 saturated carbocycles. The van der Waals surface area contributed by atoms with Gasteiger partial charge < -0.3 is 65.2 Å². The molecule has 15 nitrogen and oxygen atoms in total. The van der Waals surface area contributed by atoms with Gasteiger partial charge in [0.2, 0.25) is 11.8 Å². The van der Waals surface area contributed by atoms with E-state index in [-0.39, 0.29) is 11.9 Å². The van der Waals surface area contributed by atoms with Crippen molar-refractivity contribution >= 4 is 70.6 Å². The predicted octanol–water partition coefficient (Wildman–Crippen LogP) is 14.9. The number of ether oxygens (including phenoxy) is 1. The van der Waals surface area contributed by atoms with Crippen LogP contribution in [0.5, 0.6) is 0 Å². The summed E-state index contributed by atoms with van der Waals surface area (Å²) < 4.78 is 5.97. The fraction of sp³-hybridized carbons (Fsp3) is 0.632. The second-order valence-electron chi connectivity index (χ2n) is 31.0. The number of amides is 2. The minimum absolute atomic E-state index is 0.215. The van der Waals surface area contributed by atoms with Crippen molar-refractivity contribution in [1.29, 1.82) is 0 Å². The van der Waals surface area contributed by atoms with Gasteiger partial charge in [0, 0.05) is 199 Å². The molecule has 600 valence electrons. The molecule has 2 amide bonds. The zero-order valence-corrected chi connectivity index (χ0v) is 72.8. The summed E-state index contributed by atoms with van der Waals surface area (Å²) in [5, 5.41) is 14.6. The average Bonchev–Trinajstić information content (AvgIpc) is 1.19. The van der Waals surface area contributed by atoms with Gasteiger partial charge in [-0.15, -0.1) is 58.8 Å². The molecule has 0 aliphatic carbocycles. The van der Waals surface area contributed by atoms with Crippen LogP contribution < -0.4 is 21.3 Å². The minimum Gasteiger partial charge on any atom is -0.375 e. The third kappa shape index (κ3) is 45.6. The van der Waals surface area contributed by atoms with Gasteiger partial charge in [-0.1, -0.05) is 146 Å². The van der Waals surface area contributed by atoms with Crippen LogP contribution in [0.3, 0.4) is 0 Å².